The van der Waals surface area contributed by atoms with E-state index < -0.39 is 0 Å². The Kier molecular flexibility index (Phi) is 18.7. The van der Waals surface area contributed by atoms with Gasteiger partial charge < -0.3 is 15.9 Å². The molecule has 0 aliphatic heterocycles. The average Bonchev–Trinajstić information content (AvgIpc) is 2.55. The molecule has 0 spiro atoms. The Morgan fingerprint density at radius 3 is 1.58 bits per heavy atom. The number of aliphatic hydroxyl groups excluding tert-OH is 2. The molecule has 0 aliphatic rings. The van der Waals surface area contributed by atoms with Crippen LogP contribution in [0.4, 0.5) is 0 Å². The average molecular weight is 404 g/mol. The maximum atomic E-state index is 8.58. The van der Waals surface area contributed by atoms with Gasteiger partial charge in [-0.05, 0) is 36.2 Å². The van der Waals surface area contributed by atoms with Crippen LogP contribution < -0.4 is 5.73 Å². The molecular weight excluding hydrogens is 366 g/mol. The van der Waals surface area contributed by atoms with Crippen molar-refractivity contribution in [3.05, 3.63) is 35.9 Å². The molecule has 1 aromatic rings. The number of hydrogen-bond acceptors (Lipinski definition) is 3. The second-order valence-electron chi connectivity index (χ2n) is 7.11. The van der Waals surface area contributed by atoms with Gasteiger partial charge in [0.05, 0.1) is 6.61 Å². The van der Waals surface area contributed by atoms with E-state index in [1.165, 1.54) is 5.56 Å². The Labute approximate surface area is 157 Å². The molecule has 3 nitrogen and oxygen atoms in total. The van der Waals surface area contributed by atoms with Gasteiger partial charge in [-0.25, -0.2) is 0 Å². The van der Waals surface area contributed by atoms with Gasteiger partial charge in [-0.15, -0.1) is 0 Å². The summed E-state index contributed by atoms with van der Waals surface area (Å²) in [4.78, 5) is 0. The van der Waals surface area contributed by atoms with Crippen molar-refractivity contribution in [2.24, 2.45) is 23.5 Å². The summed E-state index contributed by atoms with van der Waals surface area (Å²) >= 11 is 3.36. The van der Waals surface area contributed by atoms with Crippen molar-refractivity contribution in [1.29, 1.82) is 0 Å². The fourth-order valence-corrected chi connectivity index (χ4v) is 2.50. The molecule has 4 N–H and O–H groups in total. The topological polar surface area (TPSA) is 66.5 Å². The Bertz CT molecular complexity index is 342. The van der Waals surface area contributed by atoms with E-state index in [1.807, 2.05) is 18.2 Å². The van der Waals surface area contributed by atoms with E-state index in [0.717, 1.165) is 24.1 Å². The molecule has 0 heterocycles. The first kappa shape index (κ1) is 25.8. The summed E-state index contributed by atoms with van der Waals surface area (Å²) < 4.78 is 0. The zero-order valence-corrected chi connectivity index (χ0v) is 17.7. The molecule has 142 valence electrons. The summed E-state index contributed by atoms with van der Waals surface area (Å²) in [5.41, 5.74) is 6.75. The van der Waals surface area contributed by atoms with Crippen LogP contribution in [-0.2, 0) is 5.33 Å². The smallest absolute Gasteiger partial charge is 0.0582 e. The molecule has 0 fully saturated rings. The minimum absolute atomic E-state index is 0.0185. The van der Waals surface area contributed by atoms with Crippen molar-refractivity contribution in [3.8, 4) is 0 Å². The van der Waals surface area contributed by atoms with Crippen molar-refractivity contribution < 1.29 is 10.2 Å². The Hall–Kier alpha value is -0.420. The van der Waals surface area contributed by atoms with Crippen molar-refractivity contribution in [3.63, 3.8) is 0 Å². The third-order valence-corrected chi connectivity index (χ3v) is 3.84. The second-order valence-corrected chi connectivity index (χ2v) is 7.67. The summed E-state index contributed by atoms with van der Waals surface area (Å²) in [7, 11) is 0. The van der Waals surface area contributed by atoms with Crippen LogP contribution >= 0.6 is 15.9 Å². The van der Waals surface area contributed by atoms with Crippen molar-refractivity contribution >= 4 is 15.9 Å². The summed E-state index contributed by atoms with van der Waals surface area (Å²) in [5, 5.41) is 18.0. The van der Waals surface area contributed by atoms with Crippen LogP contribution in [0.25, 0.3) is 0 Å². The predicted molar refractivity (Wildman–Crippen MR) is 109 cm³/mol. The monoisotopic (exact) mass is 403 g/mol. The zero-order valence-electron chi connectivity index (χ0n) is 16.1. The van der Waals surface area contributed by atoms with Crippen LogP contribution in [0.2, 0.25) is 0 Å². The van der Waals surface area contributed by atoms with Gasteiger partial charge in [0, 0.05) is 18.0 Å². The summed E-state index contributed by atoms with van der Waals surface area (Å²) in [5.74, 6) is 1.80. The van der Waals surface area contributed by atoms with Gasteiger partial charge >= 0.3 is 0 Å². The zero-order chi connectivity index (χ0) is 19.0. The predicted octanol–water partition coefficient (Wildman–Crippen LogP) is 4.59. The van der Waals surface area contributed by atoms with Gasteiger partial charge in [0.2, 0.25) is 0 Å². The maximum absolute atomic E-state index is 8.58. The highest BCUT2D eigenvalue weighted by atomic mass is 79.9. The van der Waals surface area contributed by atoms with E-state index in [4.69, 9.17) is 15.9 Å². The molecule has 0 saturated heterocycles. The van der Waals surface area contributed by atoms with E-state index in [9.17, 15) is 0 Å². The first-order chi connectivity index (χ1) is 11.3. The number of benzene rings is 1. The van der Waals surface area contributed by atoms with Gasteiger partial charge in [-0.3, -0.25) is 0 Å². The molecule has 0 radical (unpaired) electrons. The number of aliphatic hydroxyl groups is 2. The number of hydrogen-bond donors (Lipinski definition) is 3. The van der Waals surface area contributed by atoms with Crippen molar-refractivity contribution in [2.45, 2.75) is 58.8 Å². The van der Waals surface area contributed by atoms with E-state index in [2.05, 4.69) is 62.7 Å². The normalized spacial score (nSPS) is 12.8. The SMILES string of the molecule is BrCc1ccccc1.CC(C)C[C@H](C)CO.CC(C)C[C@H](N)CO. The summed E-state index contributed by atoms with van der Waals surface area (Å²) in [6, 6.07) is 10.3. The molecule has 1 rings (SSSR count). The molecule has 0 amide bonds. The highest BCUT2D eigenvalue weighted by molar-refractivity contribution is 9.08. The number of nitrogens with two attached hydrogens (primary N) is 1. The van der Waals surface area contributed by atoms with Crippen LogP contribution in [0.15, 0.2) is 30.3 Å². The molecular formula is C20H38BrNO2. The van der Waals surface area contributed by atoms with Gasteiger partial charge in [-0.1, -0.05) is 80.9 Å². The Morgan fingerprint density at radius 1 is 0.875 bits per heavy atom. The standard InChI is InChI=1S/C7H7Br.C7H16O.C6H15NO/c8-6-7-4-2-1-3-5-7;1-6(2)4-7(3)5-8;1-5(2)3-6(7)4-8/h1-5H,6H2;6-8H,4-5H2,1-3H3;5-6,8H,3-4,7H2,1-2H3/t;7-;6-/m.00/s1. The van der Waals surface area contributed by atoms with Crippen LogP contribution in [-0.4, -0.2) is 29.5 Å². The molecule has 0 saturated carbocycles. The maximum Gasteiger partial charge on any atom is 0.0582 e. The molecule has 2 atom stereocenters. The third kappa shape index (κ3) is 19.6. The quantitative estimate of drug-likeness (QED) is 0.582. The molecule has 0 unspecified atom stereocenters. The van der Waals surface area contributed by atoms with Gasteiger partial charge in [-0.2, -0.15) is 0 Å². The number of halogens is 1. The number of alkyl halides is 1. The minimum Gasteiger partial charge on any atom is -0.396 e. The molecule has 0 aromatic heterocycles. The number of rotatable bonds is 7. The largest absolute Gasteiger partial charge is 0.396 e. The van der Waals surface area contributed by atoms with Gasteiger partial charge in [0.15, 0.2) is 0 Å². The third-order valence-electron chi connectivity index (χ3n) is 3.19. The summed E-state index contributed by atoms with van der Waals surface area (Å²) in [6.45, 7) is 11.0. The fraction of sp³-hybridized carbons (Fsp3) is 0.700. The second kappa shape index (κ2) is 17.4. The highest BCUT2D eigenvalue weighted by Crippen LogP contribution is 2.08. The molecule has 0 aliphatic carbocycles. The van der Waals surface area contributed by atoms with E-state index >= 15 is 0 Å². The minimum atomic E-state index is -0.0185. The van der Waals surface area contributed by atoms with Crippen LogP contribution in [0, 0.1) is 17.8 Å². The van der Waals surface area contributed by atoms with Crippen molar-refractivity contribution in [1.82, 2.24) is 0 Å². The van der Waals surface area contributed by atoms with Crippen LogP contribution in [0.5, 0.6) is 0 Å². The van der Waals surface area contributed by atoms with Gasteiger partial charge in [0.25, 0.3) is 0 Å². The van der Waals surface area contributed by atoms with E-state index in [-0.39, 0.29) is 12.6 Å². The molecule has 1 aromatic carbocycles. The lowest BCUT2D eigenvalue weighted by atomic mass is 10.0. The van der Waals surface area contributed by atoms with E-state index in [1.54, 1.807) is 0 Å². The van der Waals surface area contributed by atoms with Crippen molar-refractivity contribution in [2.75, 3.05) is 13.2 Å². The van der Waals surface area contributed by atoms with Gasteiger partial charge in [0.1, 0.15) is 0 Å². The lowest BCUT2D eigenvalue weighted by Crippen LogP contribution is -2.25. The summed E-state index contributed by atoms with van der Waals surface area (Å²) in [6.07, 6.45) is 2.05. The first-order valence-electron chi connectivity index (χ1n) is 8.83. The first-order valence-corrected chi connectivity index (χ1v) is 9.95. The molecule has 4 heteroatoms. The Morgan fingerprint density at radius 2 is 1.38 bits per heavy atom. The Balaban J connectivity index is 0. The lowest BCUT2D eigenvalue weighted by molar-refractivity contribution is 0.218. The lowest BCUT2D eigenvalue weighted by Gasteiger charge is -2.09. The molecule has 0 bridgehead atoms. The van der Waals surface area contributed by atoms with Crippen LogP contribution in [0.1, 0.15) is 53.0 Å². The van der Waals surface area contributed by atoms with Crippen LogP contribution in [0.3, 0.4) is 0 Å². The van der Waals surface area contributed by atoms with E-state index in [0.29, 0.717) is 18.4 Å². The highest BCUT2D eigenvalue weighted by Gasteiger charge is 2.02. The molecule has 24 heavy (non-hydrogen) atoms. The fourth-order valence-electron chi connectivity index (χ4n) is 2.13.